The van der Waals surface area contributed by atoms with Crippen LogP contribution in [-0.2, 0) is 5.60 Å². The van der Waals surface area contributed by atoms with Gasteiger partial charge >= 0.3 is 0 Å². The highest BCUT2D eigenvalue weighted by atomic mass is 16.5. The molecule has 2 N–H and O–H groups in total. The highest BCUT2D eigenvalue weighted by Gasteiger charge is 2.35. The molecule has 3 rings (SSSR count). The molecule has 132 valence electrons. The zero-order valence-electron chi connectivity index (χ0n) is 14.2. The van der Waals surface area contributed by atoms with Crippen molar-refractivity contribution >= 4 is 5.91 Å². The van der Waals surface area contributed by atoms with Crippen molar-refractivity contribution in [1.82, 2.24) is 5.32 Å². The Balaban J connectivity index is 1.75. The molecule has 0 saturated carbocycles. The van der Waals surface area contributed by atoms with E-state index in [1.807, 2.05) is 24.3 Å². The third-order valence-corrected chi connectivity index (χ3v) is 4.35. The van der Waals surface area contributed by atoms with E-state index in [0.29, 0.717) is 41.4 Å². The minimum Gasteiger partial charge on any atom is -0.493 e. The monoisotopic (exact) mass is 343 g/mol. The zero-order chi connectivity index (χ0) is 17.9. The number of ether oxygens (including phenoxy) is 3. The molecule has 1 amide bonds. The molecule has 0 aliphatic carbocycles. The number of para-hydroxylation sites is 1. The van der Waals surface area contributed by atoms with E-state index in [9.17, 15) is 9.90 Å². The lowest BCUT2D eigenvalue weighted by molar-refractivity contribution is -0.00160. The normalized spacial score (nSPS) is 18.7. The minimum atomic E-state index is -1.15. The molecule has 0 spiro atoms. The molecule has 1 aliphatic rings. The maximum absolute atomic E-state index is 12.5. The molecule has 0 fully saturated rings. The van der Waals surface area contributed by atoms with Crippen molar-refractivity contribution in [1.29, 1.82) is 0 Å². The highest BCUT2D eigenvalue weighted by Crippen LogP contribution is 2.36. The number of amides is 1. The maximum atomic E-state index is 12.5. The molecule has 1 unspecified atom stereocenters. The average molecular weight is 343 g/mol. The summed E-state index contributed by atoms with van der Waals surface area (Å²) >= 11 is 0. The quantitative estimate of drug-likeness (QED) is 0.869. The van der Waals surface area contributed by atoms with E-state index in [0.717, 1.165) is 0 Å². The molecule has 2 aromatic rings. The van der Waals surface area contributed by atoms with Crippen LogP contribution in [0.1, 0.15) is 22.3 Å². The molecule has 0 bridgehead atoms. The Morgan fingerprint density at radius 2 is 1.96 bits per heavy atom. The van der Waals surface area contributed by atoms with E-state index in [4.69, 9.17) is 14.2 Å². The first kappa shape index (κ1) is 17.1. The SMILES string of the molecule is COc1ccc(C(=O)NCC2(O)CCOc3ccccc32)cc1OC. The summed E-state index contributed by atoms with van der Waals surface area (Å²) < 4.78 is 16.0. The number of hydrogen-bond donors (Lipinski definition) is 2. The van der Waals surface area contributed by atoms with E-state index in [1.165, 1.54) is 14.2 Å². The second-order valence-corrected chi connectivity index (χ2v) is 5.88. The molecule has 0 saturated heterocycles. The van der Waals surface area contributed by atoms with Gasteiger partial charge in [-0.3, -0.25) is 4.79 Å². The van der Waals surface area contributed by atoms with Crippen molar-refractivity contribution < 1.29 is 24.1 Å². The van der Waals surface area contributed by atoms with Crippen LogP contribution >= 0.6 is 0 Å². The van der Waals surface area contributed by atoms with Gasteiger partial charge in [0.15, 0.2) is 11.5 Å². The fourth-order valence-electron chi connectivity index (χ4n) is 2.93. The van der Waals surface area contributed by atoms with Crippen molar-refractivity contribution in [2.45, 2.75) is 12.0 Å². The van der Waals surface area contributed by atoms with Gasteiger partial charge in [0.25, 0.3) is 5.91 Å². The number of benzene rings is 2. The molecule has 6 nitrogen and oxygen atoms in total. The van der Waals surface area contributed by atoms with Gasteiger partial charge in [0.05, 0.1) is 27.4 Å². The van der Waals surface area contributed by atoms with Crippen LogP contribution in [0.3, 0.4) is 0 Å². The van der Waals surface area contributed by atoms with Crippen molar-refractivity contribution in [2.24, 2.45) is 0 Å². The Morgan fingerprint density at radius 1 is 1.20 bits per heavy atom. The Labute approximate surface area is 146 Å². The first-order valence-corrected chi connectivity index (χ1v) is 8.02. The van der Waals surface area contributed by atoms with Gasteiger partial charge in [-0.05, 0) is 24.3 Å². The van der Waals surface area contributed by atoms with Crippen LogP contribution in [-0.4, -0.2) is 38.4 Å². The number of aliphatic hydroxyl groups is 1. The molecule has 1 heterocycles. The second kappa shape index (κ2) is 7.03. The number of nitrogens with one attached hydrogen (secondary N) is 1. The van der Waals surface area contributed by atoms with Crippen LogP contribution in [0, 0.1) is 0 Å². The number of fused-ring (bicyclic) bond motifs is 1. The number of carbonyl (C=O) groups excluding carboxylic acids is 1. The predicted octanol–water partition coefficient (Wildman–Crippen LogP) is 2.10. The molecule has 0 aromatic heterocycles. The number of carbonyl (C=O) groups is 1. The van der Waals surface area contributed by atoms with Crippen LogP contribution in [0.15, 0.2) is 42.5 Å². The molecule has 1 aliphatic heterocycles. The lowest BCUT2D eigenvalue weighted by atomic mass is 9.88. The smallest absolute Gasteiger partial charge is 0.251 e. The highest BCUT2D eigenvalue weighted by molar-refractivity contribution is 5.95. The van der Waals surface area contributed by atoms with Crippen LogP contribution in [0.4, 0.5) is 0 Å². The summed E-state index contributed by atoms with van der Waals surface area (Å²) in [6.07, 6.45) is 0.413. The molecule has 25 heavy (non-hydrogen) atoms. The summed E-state index contributed by atoms with van der Waals surface area (Å²) in [5.74, 6) is 1.39. The van der Waals surface area contributed by atoms with Gasteiger partial charge in [0, 0.05) is 17.5 Å². The van der Waals surface area contributed by atoms with Gasteiger partial charge < -0.3 is 24.6 Å². The predicted molar refractivity (Wildman–Crippen MR) is 92.3 cm³/mol. The van der Waals surface area contributed by atoms with Crippen molar-refractivity contribution in [3.8, 4) is 17.2 Å². The average Bonchev–Trinajstić information content (AvgIpc) is 2.66. The summed E-state index contributed by atoms with van der Waals surface area (Å²) in [6, 6.07) is 12.3. The summed E-state index contributed by atoms with van der Waals surface area (Å²) in [6.45, 7) is 0.500. The molecule has 6 heteroatoms. The lowest BCUT2D eigenvalue weighted by Gasteiger charge is -2.34. The molecular weight excluding hydrogens is 322 g/mol. The zero-order valence-corrected chi connectivity index (χ0v) is 14.2. The summed E-state index contributed by atoms with van der Waals surface area (Å²) in [5, 5.41) is 13.8. The van der Waals surface area contributed by atoms with Crippen LogP contribution < -0.4 is 19.5 Å². The molecular formula is C19H21NO5. The molecule has 1 atom stereocenters. The third kappa shape index (κ3) is 3.39. The van der Waals surface area contributed by atoms with Crippen molar-refractivity contribution in [2.75, 3.05) is 27.4 Å². The standard InChI is InChI=1S/C19H21NO5/c1-23-16-8-7-13(11-17(16)24-2)18(21)20-12-19(22)9-10-25-15-6-4-3-5-14(15)19/h3-8,11,22H,9-10,12H2,1-2H3,(H,20,21). The van der Waals surface area contributed by atoms with Crippen LogP contribution in [0.5, 0.6) is 17.2 Å². The Morgan fingerprint density at radius 3 is 2.72 bits per heavy atom. The van der Waals surface area contributed by atoms with E-state index in [-0.39, 0.29) is 12.5 Å². The lowest BCUT2D eigenvalue weighted by Crippen LogP contribution is -2.43. The Hall–Kier alpha value is -2.73. The van der Waals surface area contributed by atoms with Crippen molar-refractivity contribution in [3.63, 3.8) is 0 Å². The maximum Gasteiger partial charge on any atom is 0.251 e. The number of hydrogen-bond acceptors (Lipinski definition) is 5. The minimum absolute atomic E-state index is 0.0978. The van der Waals surface area contributed by atoms with Gasteiger partial charge in [0.2, 0.25) is 0 Å². The van der Waals surface area contributed by atoms with Crippen LogP contribution in [0.25, 0.3) is 0 Å². The summed E-state index contributed by atoms with van der Waals surface area (Å²) in [5.41, 5.74) is -0.0309. The fraction of sp³-hybridized carbons (Fsp3) is 0.316. The summed E-state index contributed by atoms with van der Waals surface area (Å²) in [7, 11) is 3.05. The molecule has 0 radical (unpaired) electrons. The van der Waals surface area contributed by atoms with Gasteiger partial charge in [0.1, 0.15) is 11.4 Å². The van der Waals surface area contributed by atoms with Crippen LogP contribution in [0.2, 0.25) is 0 Å². The van der Waals surface area contributed by atoms with E-state index in [2.05, 4.69) is 5.32 Å². The van der Waals surface area contributed by atoms with Gasteiger partial charge in [-0.2, -0.15) is 0 Å². The number of rotatable bonds is 5. The van der Waals surface area contributed by atoms with Gasteiger partial charge in [-0.15, -0.1) is 0 Å². The van der Waals surface area contributed by atoms with E-state index >= 15 is 0 Å². The van der Waals surface area contributed by atoms with E-state index in [1.54, 1.807) is 18.2 Å². The topological polar surface area (TPSA) is 77.0 Å². The van der Waals surface area contributed by atoms with E-state index < -0.39 is 5.60 Å². The largest absolute Gasteiger partial charge is 0.493 e. The van der Waals surface area contributed by atoms with Gasteiger partial charge in [-0.25, -0.2) is 0 Å². The Bertz CT molecular complexity index is 776. The fourth-order valence-corrected chi connectivity index (χ4v) is 2.93. The first-order valence-electron chi connectivity index (χ1n) is 8.02. The second-order valence-electron chi connectivity index (χ2n) is 5.88. The van der Waals surface area contributed by atoms with Crippen molar-refractivity contribution in [3.05, 3.63) is 53.6 Å². The summed E-state index contributed by atoms with van der Waals surface area (Å²) in [4.78, 5) is 12.5. The number of methoxy groups -OCH3 is 2. The Kier molecular flexibility index (Phi) is 4.81. The molecule has 2 aromatic carbocycles. The van der Waals surface area contributed by atoms with Gasteiger partial charge in [-0.1, -0.05) is 18.2 Å². The third-order valence-electron chi connectivity index (χ3n) is 4.35. The first-order chi connectivity index (χ1) is 12.1.